The normalized spacial score (nSPS) is 14.1. The summed E-state index contributed by atoms with van der Waals surface area (Å²) in [6.07, 6.45) is 1.84. The summed E-state index contributed by atoms with van der Waals surface area (Å²) in [5.41, 5.74) is 2.65. The van der Waals surface area contributed by atoms with E-state index in [1.54, 1.807) is 13.3 Å². The van der Waals surface area contributed by atoms with E-state index < -0.39 is 0 Å². The Morgan fingerprint density at radius 1 is 1.78 bits per heavy atom. The number of hydrogen-bond donors (Lipinski definition) is 1. The van der Waals surface area contributed by atoms with Crippen molar-refractivity contribution in [1.29, 1.82) is 0 Å². The van der Waals surface area contributed by atoms with Gasteiger partial charge in [-0.1, -0.05) is 0 Å². The number of ether oxygens (including phenoxy) is 1. The first kappa shape index (κ1) is 8.43. The van der Waals surface area contributed by atoms with Gasteiger partial charge < -0.3 is 10.2 Å². The van der Waals surface area contributed by atoms with Gasteiger partial charge in [0.1, 0.15) is 0 Å². The monoisotopic (exact) mass is 130 g/mol. The van der Waals surface area contributed by atoms with Gasteiger partial charge in [0.25, 0.3) is 0 Å². The SMILES string of the molecule is CCOC(C)/C=N\NC. The summed E-state index contributed by atoms with van der Waals surface area (Å²) in [4.78, 5) is 0. The maximum Gasteiger partial charge on any atom is 0.0915 e. The van der Waals surface area contributed by atoms with Gasteiger partial charge in [0, 0.05) is 13.7 Å². The number of rotatable bonds is 4. The molecular formula is C6H14N2O. The van der Waals surface area contributed by atoms with E-state index in [2.05, 4.69) is 10.5 Å². The van der Waals surface area contributed by atoms with E-state index in [0.717, 1.165) is 6.61 Å². The van der Waals surface area contributed by atoms with Crippen LogP contribution in [-0.2, 0) is 4.74 Å². The summed E-state index contributed by atoms with van der Waals surface area (Å²) in [6.45, 7) is 4.64. The quantitative estimate of drug-likeness (QED) is 0.447. The molecule has 1 atom stereocenters. The first-order valence-corrected chi connectivity index (χ1v) is 3.12. The van der Waals surface area contributed by atoms with Crippen LogP contribution in [0.1, 0.15) is 13.8 Å². The van der Waals surface area contributed by atoms with Gasteiger partial charge in [0.05, 0.1) is 12.3 Å². The highest BCUT2D eigenvalue weighted by Crippen LogP contribution is 1.83. The van der Waals surface area contributed by atoms with Crippen molar-refractivity contribution in [2.24, 2.45) is 5.10 Å². The Kier molecular flexibility index (Phi) is 5.21. The smallest absolute Gasteiger partial charge is 0.0915 e. The second-order valence-corrected chi connectivity index (χ2v) is 1.66. The number of nitrogens with one attached hydrogen (secondary N) is 1. The second-order valence-electron chi connectivity index (χ2n) is 1.66. The van der Waals surface area contributed by atoms with Crippen molar-refractivity contribution in [2.75, 3.05) is 13.7 Å². The van der Waals surface area contributed by atoms with Crippen molar-refractivity contribution in [3.05, 3.63) is 0 Å². The van der Waals surface area contributed by atoms with Crippen LogP contribution in [0.2, 0.25) is 0 Å². The lowest BCUT2D eigenvalue weighted by atomic mass is 10.4. The molecule has 9 heavy (non-hydrogen) atoms. The molecule has 1 N–H and O–H groups in total. The van der Waals surface area contributed by atoms with Gasteiger partial charge in [-0.05, 0) is 13.8 Å². The van der Waals surface area contributed by atoms with Crippen LogP contribution in [-0.4, -0.2) is 26.0 Å². The Labute approximate surface area is 56.1 Å². The Balaban J connectivity index is 3.25. The molecule has 1 unspecified atom stereocenters. The van der Waals surface area contributed by atoms with Crippen LogP contribution >= 0.6 is 0 Å². The third-order valence-corrected chi connectivity index (χ3v) is 0.843. The fraction of sp³-hybridized carbons (Fsp3) is 0.833. The zero-order valence-corrected chi connectivity index (χ0v) is 6.22. The fourth-order valence-electron chi connectivity index (χ4n) is 0.485. The molecule has 0 amide bonds. The van der Waals surface area contributed by atoms with Crippen molar-refractivity contribution in [3.63, 3.8) is 0 Å². The van der Waals surface area contributed by atoms with Crippen LogP contribution in [0.15, 0.2) is 5.10 Å². The van der Waals surface area contributed by atoms with Gasteiger partial charge in [-0.25, -0.2) is 0 Å². The summed E-state index contributed by atoms with van der Waals surface area (Å²) in [5.74, 6) is 0. The molecule has 0 bridgehead atoms. The lowest BCUT2D eigenvalue weighted by Crippen LogP contribution is -2.11. The highest BCUT2D eigenvalue weighted by molar-refractivity contribution is 5.61. The molecule has 0 aromatic carbocycles. The fourth-order valence-corrected chi connectivity index (χ4v) is 0.485. The average Bonchev–Trinajstić information content (AvgIpc) is 1.85. The Hall–Kier alpha value is -0.570. The van der Waals surface area contributed by atoms with E-state index in [4.69, 9.17) is 4.74 Å². The molecule has 3 heteroatoms. The molecule has 0 aliphatic carbocycles. The number of hydrazone groups is 1. The maximum absolute atomic E-state index is 5.15. The molecule has 3 nitrogen and oxygen atoms in total. The van der Waals surface area contributed by atoms with E-state index in [-0.39, 0.29) is 6.10 Å². The molecule has 0 saturated heterocycles. The molecule has 54 valence electrons. The molecule has 0 aromatic heterocycles. The third-order valence-electron chi connectivity index (χ3n) is 0.843. The molecule has 0 saturated carbocycles. The Morgan fingerprint density at radius 2 is 2.44 bits per heavy atom. The Morgan fingerprint density at radius 3 is 2.89 bits per heavy atom. The van der Waals surface area contributed by atoms with Crippen LogP contribution in [0, 0.1) is 0 Å². The lowest BCUT2D eigenvalue weighted by molar-refractivity contribution is 0.125. The van der Waals surface area contributed by atoms with Crippen molar-refractivity contribution in [3.8, 4) is 0 Å². The van der Waals surface area contributed by atoms with Crippen LogP contribution < -0.4 is 5.43 Å². The molecule has 0 aromatic rings. The summed E-state index contributed by atoms with van der Waals surface area (Å²) in [7, 11) is 1.76. The molecule has 0 heterocycles. The maximum atomic E-state index is 5.15. The number of hydrogen-bond acceptors (Lipinski definition) is 3. The molecule has 0 spiro atoms. The zero-order chi connectivity index (χ0) is 7.11. The minimum atomic E-state index is 0.113. The van der Waals surface area contributed by atoms with Crippen LogP contribution in [0.5, 0.6) is 0 Å². The minimum Gasteiger partial charge on any atom is -0.373 e. The van der Waals surface area contributed by atoms with E-state index >= 15 is 0 Å². The van der Waals surface area contributed by atoms with Gasteiger partial charge >= 0.3 is 0 Å². The number of nitrogens with zero attached hydrogens (tertiary/aromatic N) is 1. The van der Waals surface area contributed by atoms with Crippen molar-refractivity contribution < 1.29 is 4.74 Å². The highest BCUT2D eigenvalue weighted by atomic mass is 16.5. The van der Waals surface area contributed by atoms with Gasteiger partial charge in [0.15, 0.2) is 0 Å². The van der Waals surface area contributed by atoms with E-state index in [1.165, 1.54) is 0 Å². The summed E-state index contributed by atoms with van der Waals surface area (Å²) in [6, 6.07) is 0. The second kappa shape index (κ2) is 5.56. The average molecular weight is 130 g/mol. The molecule has 0 aliphatic heterocycles. The Bertz CT molecular complexity index is 83.1. The largest absolute Gasteiger partial charge is 0.373 e. The van der Waals surface area contributed by atoms with E-state index in [0.29, 0.717) is 0 Å². The van der Waals surface area contributed by atoms with Crippen LogP contribution in [0.25, 0.3) is 0 Å². The first-order valence-electron chi connectivity index (χ1n) is 3.12. The van der Waals surface area contributed by atoms with Gasteiger partial charge in [-0.15, -0.1) is 0 Å². The molecule has 0 rings (SSSR count). The first-order chi connectivity index (χ1) is 4.31. The molecule has 0 aliphatic rings. The van der Waals surface area contributed by atoms with Gasteiger partial charge in [-0.3, -0.25) is 0 Å². The van der Waals surface area contributed by atoms with E-state index in [1.807, 2.05) is 13.8 Å². The third kappa shape index (κ3) is 5.30. The van der Waals surface area contributed by atoms with Gasteiger partial charge in [-0.2, -0.15) is 5.10 Å². The molecule has 0 radical (unpaired) electrons. The molecule has 0 fully saturated rings. The lowest BCUT2D eigenvalue weighted by Gasteiger charge is -2.02. The summed E-state index contributed by atoms with van der Waals surface area (Å²) < 4.78 is 5.15. The van der Waals surface area contributed by atoms with E-state index in [9.17, 15) is 0 Å². The molecular weight excluding hydrogens is 116 g/mol. The van der Waals surface area contributed by atoms with Gasteiger partial charge in [0.2, 0.25) is 0 Å². The van der Waals surface area contributed by atoms with Crippen molar-refractivity contribution in [1.82, 2.24) is 5.43 Å². The topological polar surface area (TPSA) is 33.6 Å². The standard InChI is InChI=1S/C6H14N2O/c1-4-9-6(2)5-8-7-3/h5-7H,4H2,1-3H3/b8-5-. The predicted octanol–water partition coefficient (Wildman–Crippen LogP) is 0.617. The zero-order valence-electron chi connectivity index (χ0n) is 6.22. The summed E-state index contributed by atoms with van der Waals surface area (Å²) >= 11 is 0. The van der Waals surface area contributed by atoms with Crippen LogP contribution in [0.3, 0.4) is 0 Å². The summed E-state index contributed by atoms with van der Waals surface area (Å²) in [5, 5.41) is 3.79. The van der Waals surface area contributed by atoms with Crippen molar-refractivity contribution >= 4 is 6.21 Å². The highest BCUT2D eigenvalue weighted by Gasteiger charge is 1.91. The van der Waals surface area contributed by atoms with Crippen LogP contribution in [0.4, 0.5) is 0 Å². The predicted molar refractivity (Wildman–Crippen MR) is 38.6 cm³/mol. The van der Waals surface area contributed by atoms with Crippen molar-refractivity contribution in [2.45, 2.75) is 20.0 Å². The minimum absolute atomic E-state index is 0.113.